The molecule has 0 spiro atoms. The van der Waals surface area contributed by atoms with Crippen molar-refractivity contribution in [2.45, 2.75) is 6.42 Å². The van der Waals surface area contributed by atoms with Crippen LogP contribution < -0.4 is 14.9 Å². The lowest BCUT2D eigenvalue weighted by molar-refractivity contribution is 0.0856. The van der Waals surface area contributed by atoms with Crippen LogP contribution in [0.1, 0.15) is 16.8 Å². The Hall–Kier alpha value is -1.75. The number of carbonyl (C=O) groups excluding carboxylic acids is 1. The molecule has 0 atom stereocenters. The number of nitrogens with one attached hydrogen (secondary N) is 1. The molecule has 0 radical (unpaired) electrons. The van der Waals surface area contributed by atoms with Gasteiger partial charge in [-0.1, -0.05) is 0 Å². The lowest BCUT2D eigenvalue weighted by Crippen LogP contribution is -2.36. The lowest BCUT2D eigenvalue weighted by Gasteiger charge is -2.13. The number of ether oxygens (including phenoxy) is 2. The van der Waals surface area contributed by atoms with Crippen LogP contribution in [0.15, 0.2) is 18.2 Å². The average molecular weight is 236 g/mol. The quantitative estimate of drug-likeness (QED) is 0.780. The van der Waals surface area contributed by atoms with Crippen molar-refractivity contribution in [3.63, 3.8) is 0 Å². The molecule has 1 heterocycles. The van der Waals surface area contributed by atoms with Gasteiger partial charge in [0.25, 0.3) is 5.91 Å². The van der Waals surface area contributed by atoms with E-state index in [-0.39, 0.29) is 5.91 Å². The van der Waals surface area contributed by atoms with Crippen molar-refractivity contribution >= 4 is 5.91 Å². The van der Waals surface area contributed by atoms with Crippen molar-refractivity contribution in [1.29, 1.82) is 0 Å². The van der Waals surface area contributed by atoms with Crippen LogP contribution in [0.3, 0.4) is 0 Å². The Labute approximate surface area is 100 Å². The fourth-order valence-corrected chi connectivity index (χ4v) is 1.57. The zero-order valence-corrected chi connectivity index (χ0v) is 10.0. The predicted molar refractivity (Wildman–Crippen MR) is 63.2 cm³/mol. The van der Waals surface area contributed by atoms with Crippen molar-refractivity contribution in [1.82, 2.24) is 10.4 Å². The van der Waals surface area contributed by atoms with Crippen LogP contribution in [-0.2, 0) is 0 Å². The molecule has 1 amide bonds. The molecule has 0 saturated heterocycles. The highest BCUT2D eigenvalue weighted by atomic mass is 16.5. The summed E-state index contributed by atoms with van der Waals surface area (Å²) in [5.41, 5.74) is 3.24. The summed E-state index contributed by atoms with van der Waals surface area (Å²) in [6, 6.07) is 5.21. The van der Waals surface area contributed by atoms with Crippen LogP contribution in [0.25, 0.3) is 0 Å². The van der Waals surface area contributed by atoms with E-state index in [2.05, 4.69) is 5.43 Å². The highest BCUT2D eigenvalue weighted by Crippen LogP contribution is 2.30. The minimum atomic E-state index is -0.161. The number of nitrogens with zero attached hydrogens (tertiary/aromatic N) is 1. The first-order valence-corrected chi connectivity index (χ1v) is 5.55. The van der Waals surface area contributed by atoms with E-state index in [1.165, 1.54) is 0 Å². The van der Waals surface area contributed by atoms with Crippen LogP contribution in [-0.4, -0.2) is 38.2 Å². The fraction of sp³-hybridized carbons (Fsp3) is 0.417. The Morgan fingerprint density at radius 1 is 1.24 bits per heavy atom. The van der Waals surface area contributed by atoms with E-state index in [4.69, 9.17) is 9.47 Å². The van der Waals surface area contributed by atoms with E-state index in [9.17, 15) is 4.79 Å². The van der Waals surface area contributed by atoms with E-state index in [0.717, 1.165) is 6.42 Å². The molecule has 1 aromatic carbocycles. The monoisotopic (exact) mass is 236 g/mol. The van der Waals surface area contributed by atoms with Gasteiger partial charge in [0.2, 0.25) is 0 Å². The Kier molecular flexibility index (Phi) is 3.49. The molecule has 1 N–H and O–H groups in total. The third-order valence-corrected chi connectivity index (χ3v) is 2.33. The highest BCUT2D eigenvalue weighted by molar-refractivity contribution is 5.94. The molecule has 0 unspecified atom stereocenters. The minimum absolute atomic E-state index is 0.161. The Balaban J connectivity index is 2.20. The predicted octanol–water partition coefficient (Wildman–Crippen LogP) is 1.05. The standard InChI is InChI=1S/C12H16N2O3/c1-14(2)13-12(15)9-4-5-10-11(8-9)17-7-3-6-16-10/h4-5,8H,3,6-7H2,1-2H3,(H,13,15). The van der Waals surface area contributed by atoms with Gasteiger partial charge in [0, 0.05) is 26.1 Å². The summed E-state index contributed by atoms with van der Waals surface area (Å²) in [5.74, 6) is 1.17. The van der Waals surface area contributed by atoms with Gasteiger partial charge in [0.05, 0.1) is 13.2 Å². The zero-order valence-electron chi connectivity index (χ0n) is 10.0. The van der Waals surface area contributed by atoms with Gasteiger partial charge in [0.1, 0.15) is 0 Å². The normalized spacial score (nSPS) is 14.3. The maximum Gasteiger partial charge on any atom is 0.265 e. The van der Waals surface area contributed by atoms with E-state index >= 15 is 0 Å². The van der Waals surface area contributed by atoms with Crippen molar-refractivity contribution in [3.05, 3.63) is 23.8 Å². The van der Waals surface area contributed by atoms with Gasteiger partial charge in [-0.2, -0.15) is 0 Å². The Bertz CT molecular complexity index is 418. The summed E-state index contributed by atoms with van der Waals surface area (Å²) < 4.78 is 11.0. The maximum atomic E-state index is 11.8. The third-order valence-electron chi connectivity index (χ3n) is 2.33. The van der Waals surface area contributed by atoms with Crippen molar-refractivity contribution in [3.8, 4) is 11.5 Å². The first kappa shape index (κ1) is 11.7. The Morgan fingerprint density at radius 2 is 1.94 bits per heavy atom. The number of fused-ring (bicyclic) bond motifs is 1. The van der Waals surface area contributed by atoms with Crippen molar-refractivity contribution in [2.24, 2.45) is 0 Å². The van der Waals surface area contributed by atoms with Crippen LogP contribution >= 0.6 is 0 Å². The smallest absolute Gasteiger partial charge is 0.265 e. The zero-order chi connectivity index (χ0) is 12.3. The molecule has 92 valence electrons. The fourth-order valence-electron chi connectivity index (χ4n) is 1.57. The van der Waals surface area contributed by atoms with E-state index in [0.29, 0.717) is 30.3 Å². The number of hydrazine groups is 1. The molecule has 0 aromatic heterocycles. The molecule has 5 nitrogen and oxygen atoms in total. The molecule has 1 aliphatic heterocycles. The molecule has 1 aliphatic rings. The van der Waals surface area contributed by atoms with Gasteiger partial charge >= 0.3 is 0 Å². The number of benzene rings is 1. The van der Waals surface area contributed by atoms with Gasteiger partial charge in [0.15, 0.2) is 11.5 Å². The van der Waals surface area contributed by atoms with Gasteiger partial charge in [-0.3, -0.25) is 10.2 Å². The largest absolute Gasteiger partial charge is 0.490 e. The highest BCUT2D eigenvalue weighted by Gasteiger charge is 2.14. The molecule has 17 heavy (non-hydrogen) atoms. The van der Waals surface area contributed by atoms with E-state index < -0.39 is 0 Å². The van der Waals surface area contributed by atoms with Gasteiger partial charge in [-0.15, -0.1) is 0 Å². The van der Waals surface area contributed by atoms with Crippen LogP contribution in [0.5, 0.6) is 11.5 Å². The molecule has 0 aliphatic carbocycles. The minimum Gasteiger partial charge on any atom is -0.490 e. The summed E-state index contributed by atoms with van der Waals surface area (Å²) in [5, 5.41) is 1.60. The van der Waals surface area contributed by atoms with Crippen LogP contribution in [0.4, 0.5) is 0 Å². The Morgan fingerprint density at radius 3 is 2.65 bits per heavy atom. The second-order valence-electron chi connectivity index (χ2n) is 4.05. The van der Waals surface area contributed by atoms with Crippen LogP contribution in [0.2, 0.25) is 0 Å². The third kappa shape index (κ3) is 2.88. The van der Waals surface area contributed by atoms with Gasteiger partial charge in [-0.05, 0) is 18.2 Å². The average Bonchev–Trinajstić information content (AvgIpc) is 2.51. The molecule has 0 fully saturated rings. The van der Waals surface area contributed by atoms with E-state index in [1.54, 1.807) is 37.3 Å². The molecule has 0 saturated carbocycles. The molecule has 0 bridgehead atoms. The lowest BCUT2D eigenvalue weighted by atomic mass is 10.2. The van der Waals surface area contributed by atoms with Crippen molar-refractivity contribution < 1.29 is 14.3 Å². The number of hydrogen-bond donors (Lipinski definition) is 1. The molecular formula is C12H16N2O3. The molecular weight excluding hydrogens is 220 g/mol. The number of carbonyl (C=O) groups is 1. The second-order valence-corrected chi connectivity index (χ2v) is 4.05. The SMILES string of the molecule is CN(C)NC(=O)c1ccc2c(c1)OCCCO2. The number of hydrogen-bond acceptors (Lipinski definition) is 4. The maximum absolute atomic E-state index is 11.8. The molecule has 5 heteroatoms. The van der Waals surface area contributed by atoms with Gasteiger partial charge < -0.3 is 9.47 Å². The first-order chi connectivity index (χ1) is 8.16. The summed E-state index contributed by atoms with van der Waals surface area (Å²) in [6.07, 6.45) is 0.855. The molecule has 1 aromatic rings. The summed E-state index contributed by atoms with van der Waals surface area (Å²) in [7, 11) is 3.53. The van der Waals surface area contributed by atoms with Crippen molar-refractivity contribution in [2.75, 3.05) is 27.3 Å². The summed E-state index contributed by atoms with van der Waals surface area (Å²) >= 11 is 0. The first-order valence-electron chi connectivity index (χ1n) is 5.55. The summed E-state index contributed by atoms with van der Waals surface area (Å²) in [6.45, 7) is 1.27. The number of rotatable bonds is 2. The second kappa shape index (κ2) is 5.05. The van der Waals surface area contributed by atoms with Gasteiger partial charge in [-0.25, -0.2) is 5.01 Å². The molecule has 2 rings (SSSR count). The van der Waals surface area contributed by atoms with E-state index in [1.807, 2.05) is 0 Å². The number of amides is 1. The van der Waals surface area contributed by atoms with Crippen LogP contribution in [0, 0.1) is 0 Å². The topological polar surface area (TPSA) is 50.8 Å². The summed E-state index contributed by atoms with van der Waals surface area (Å²) in [4.78, 5) is 11.8.